The SMILES string of the molecule is COc1ccc(SN2CCCC2)cn1. The Bertz CT molecular complexity index is 283. The van der Waals surface area contributed by atoms with Crippen molar-refractivity contribution in [2.45, 2.75) is 17.7 Å². The third-order valence-corrected chi connectivity index (χ3v) is 3.29. The first-order valence-electron chi connectivity index (χ1n) is 4.81. The second kappa shape index (κ2) is 4.66. The molecule has 2 heterocycles. The van der Waals surface area contributed by atoms with Crippen LogP contribution >= 0.6 is 11.9 Å². The van der Waals surface area contributed by atoms with Gasteiger partial charge in [-0.05, 0) is 30.9 Å². The largest absolute Gasteiger partial charge is 0.481 e. The molecule has 1 aliphatic rings. The minimum Gasteiger partial charge on any atom is -0.481 e. The van der Waals surface area contributed by atoms with Crippen LogP contribution in [0.3, 0.4) is 0 Å². The predicted molar refractivity (Wildman–Crippen MR) is 57.5 cm³/mol. The van der Waals surface area contributed by atoms with E-state index in [0.29, 0.717) is 5.88 Å². The summed E-state index contributed by atoms with van der Waals surface area (Å²) in [6.45, 7) is 2.38. The van der Waals surface area contributed by atoms with Gasteiger partial charge in [0.2, 0.25) is 5.88 Å². The van der Waals surface area contributed by atoms with E-state index >= 15 is 0 Å². The molecule has 0 spiro atoms. The zero-order valence-electron chi connectivity index (χ0n) is 8.27. The average molecular weight is 210 g/mol. The molecule has 2 rings (SSSR count). The van der Waals surface area contributed by atoms with Crippen LogP contribution < -0.4 is 4.74 Å². The van der Waals surface area contributed by atoms with Gasteiger partial charge in [0.1, 0.15) is 0 Å². The van der Waals surface area contributed by atoms with Crippen molar-refractivity contribution in [1.29, 1.82) is 0 Å². The zero-order chi connectivity index (χ0) is 9.80. The molecular weight excluding hydrogens is 196 g/mol. The molecule has 1 aliphatic heterocycles. The first-order chi connectivity index (χ1) is 6.88. The molecule has 1 saturated heterocycles. The molecule has 0 aliphatic carbocycles. The van der Waals surface area contributed by atoms with Gasteiger partial charge in [-0.15, -0.1) is 0 Å². The molecule has 0 amide bonds. The van der Waals surface area contributed by atoms with Crippen LogP contribution in [0.2, 0.25) is 0 Å². The summed E-state index contributed by atoms with van der Waals surface area (Å²) in [6.07, 6.45) is 4.50. The van der Waals surface area contributed by atoms with Gasteiger partial charge in [-0.3, -0.25) is 0 Å². The summed E-state index contributed by atoms with van der Waals surface area (Å²) < 4.78 is 7.38. The van der Waals surface area contributed by atoms with Gasteiger partial charge in [0.05, 0.1) is 7.11 Å². The Morgan fingerprint density at radius 3 is 2.71 bits per heavy atom. The number of hydrogen-bond donors (Lipinski definition) is 0. The zero-order valence-corrected chi connectivity index (χ0v) is 9.09. The Morgan fingerprint density at radius 1 is 1.36 bits per heavy atom. The molecule has 0 N–H and O–H groups in total. The van der Waals surface area contributed by atoms with Crippen molar-refractivity contribution in [3.63, 3.8) is 0 Å². The molecule has 4 heteroatoms. The highest BCUT2D eigenvalue weighted by Crippen LogP contribution is 2.26. The molecule has 1 fully saturated rings. The first kappa shape index (κ1) is 9.80. The molecular formula is C10H14N2OS. The van der Waals surface area contributed by atoms with Gasteiger partial charge in [0.15, 0.2) is 0 Å². The number of hydrogen-bond acceptors (Lipinski definition) is 4. The van der Waals surface area contributed by atoms with E-state index in [0.717, 1.165) is 0 Å². The summed E-state index contributed by atoms with van der Waals surface area (Å²) in [7, 11) is 1.63. The topological polar surface area (TPSA) is 25.4 Å². The van der Waals surface area contributed by atoms with Gasteiger partial charge in [0.25, 0.3) is 0 Å². The second-order valence-electron chi connectivity index (χ2n) is 3.26. The molecule has 0 unspecified atom stereocenters. The summed E-state index contributed by atoms with van der Waals surface area (Å²) in [5.41, 5.74) is 0. The standard InChI is InChI=1S/C10H14N2OS/c1-13-10-5-4-9(8-11-10)14-12-6-2-3-7-12/h4-5,8H,2-3,6-7H2,1H3. The Labute approximate surface area is 88.6 Å². The number of nitrogens with zero attached hydrogens (tertiary/aromatic N) is 2. The maximum atomic E-state index is 5.01. The fourth-order valence-corrected chi connectivity index (χ4v) is 2.44. The molecule has 0 atom stereocenters. The van der Waals surface area contributed by atoms with Gasteiger partial charge in [-0.25, -0.2) is 9.29 Å². The van der Waals surface area contributed by atoms with Crippen LogP contribution in [0.4, 0.5) is 0 Å². The van der Waals surface area contributed by atoms with E-state index < -0.39 is 0 Å². The smallest absolute Gasteiger partial charge is 0.212 e. The lowest BCUT2D eigenvalue weighted by molar-refractivity contribution is 0.397. The summed E-state index contributed by atoms with van der Waals surface area (Å²) in [5, 5.41) is 0. The Hall–Kier alpha value is -0.740. The van der Waals surface area contributed by atoms with Crippen molar-refractivity contribution >= 4 is 11.9 Å². The lowest BCUT2D eigenvalue weighted by Gasteiger charge is -2.12. The first-order valence-corrected chi connectivity index (χ1v) is 5.59. The molecule has 0 saturated carbocycles. The van der Waals surface area contributed by atoms with Crippen LogP contribution in [0.25, 0.3) is 0 Å². The highest BCUT2D eigenvalue weighted by atomic mass is 32.2. The van der Waals surface area contributed by atoms with E-state index in [9.17, 15) is 0 Å². The van der Waals surface area contributed by atoms with Gasteiger partial charge in [0, 0.05) is 30.2 Å². The normalized spacial score (nSPS) is 17.2. The number of rotatable bonds is 3. The summed E-state index contributed by atoms with van der Waals surface area (Å²) in [4.78, 5) is 5.36. The van der Waals surface area contributed by atoms with Gasteiger partial charge in [-0.1, -0.05) is 0 Å². The lowest BCUT2D eigenvalue weighted by Crippen LogP contribution is -2.08. The van der Waals surface area contributed by atoms with Crippen LogP contribution in [-0.2, 0) is 0 Å². The quantitative estimate of drug-likeness (QED) is 0.714. The molecule has 14 heavy (non-hydrogen) atoms. The maximum absolute atomic E-state index is 5.01. The number of pyridine rings is 1. The molecule has 1 aromatic heterocycles. The fourth-order valence-electron chi connectivity index (χ4n) is 1.47. The van der Waals surface area contributed by atoms with E-state index in [1.165, 1.54) is 30.8 Å². The third-order valence-electron chi connectivity index (χ3n) is 2.22. The lowest BCUT2D eigenvalue weighted by atomic mass is 10.4. The summed E-state index contributed by atoms with van der Waals surface area (Å²) in [5.74, 6) is 0.677. The van der Waals surface area contributed by atoms with Crippen molar-refractivity contribution in [3.8, 4) is 5.88 Å². The van der Waals surface area contributed by atoms with Gasteiger partial charge in [-0.2, -0.15) is 0 Å². The van der Waals surface area contributed by atoms with Gasteiger partial charge >= 0.3 is 0 Å². The highest BCUT2D eigenvalue weighted by Gasteiger charge is 2.12. The van der Waals surface area contributed by atoms with E-state index in [-0.39, 0.29) is 0 Å². The number of aromatic nitrogens is 1. The monoisotopic (exact) mass is 210 g/mol. The van der Waals surface area contributed by atoms with Gasteiger partial charge < -0.3 is 4.74 Å². The molecule has 1 aromatic rings. The third kappa shape index (κ3) is 2.39. The molecule has 3 nitrogen and oxygen atoms in total. The van der Waals surface area contributed by atoms with Crippen LogP contribution in [0.1, 0.15) is 12.8 Å². The van der Waals surface area contributed by atoms with E-state index in [2.05, 4.69) is 15.4 Å². The summed E-state index contributed by atoms with van der Waals surface area (Å²) in [6, 6.07) is 3.95. The van der Waals surface area contributed by atoms with Crippen LogP contribution in [0.5, 0.6) is 5.88 Å². The van der Waals surface area contributed by atoms with Crippen LogP contribution in [0.15, 0.2) is 23.2 Å². The van der Waals surface area contributed by atoms with Crippen LogP contribution in [0, 0.1) is 0 Å². The summed E-state index contributed by atoms with van der Waals surface area (Å²) >= 11 is 1.79. The van der Waals surface area contributed by atoms with Crippen molar-refractivity contribution in [3.05, 3.63) is 18.3 Å². The van der Waals surface area contributed by atoms with E-state index in [1.54, 1.807) is 19.1 Å². The predicted octanol–water partition coefficient (Wildman–Crippen LogP) is 2.19. The van der Waals surface area contributed by atoms with Crippen LogP contribution in [-0.4, -0.2) is 29.5 Å². The molecule has 0 aromatic carbocycles. The van der Waals surface area contributed by atoms with E-state index in [1.807, 2.05) is 12.3 Å². The minimum absolute atomic E-state index is 0.677. The van der Waals surface area contributed by atoms with Crippen molar-refractivity contribution in [2.75, 3.05) is 20.2 Å². The van der Waals surface area contributed by atoms with Crippen molar-refractivity contribution < 1.29 is 4.74 Å². The van der Waals surface area contributed by atoms with E-state index in [4.69, 9.17) is 4.74 Å². The molecule has 0 bridgehead atoms. The average Bonchev–Trinajstić information content (AvgIpc) is 2.72. The maximum Gasteiger partial charge on any atom is 0.212 e. The molecule has 76 valence electrons. The van der Waals surface area contributed by atoms with Crippen molar-refractivity contribution in [2.24, 2.45) is 0 Å². The Kier molecular flexibility index (Phi) is 3.26. The Balaban J connectivity index is 1.95. The highest BCUT2D eigenvalue weighted by molar-refractivity contribution is 7.97. The Morgan fingerprint density at radius 2 is 2.14 bits per heavy atom. The number of methoxy groups -OCH3 is 1. The van der Waals surface area contributed by atoms with Crippen molar-refractivity contribution in [1.82, 2.24) is 9.29 Å². The molecule has 0 radical (unpaired) electrons. The fraction of sp³-hybridized carbons (Fsp3) is 0.500. The minimum atomic E-state index is 0.677. The number of ether oxygens (including phenoxy) is 1. The second-order valence-corrected chi connectivity index (χ2v) is 4.43.